The Morgan fingerprint density at radius 2 is 1.90 bits per heavy atom. The van der Waals surface area contributed by atoms with Gasteiger partial charge in [0.15, 0.2) is 0 Å². The number of carbonyl (C=O) groups is 1. The van der Waals surface area contributed by atoms with Crippen LogP contribution in [0.5, 0.6) is 0 Å². The average molecular weight is 267 g/mol. The van der Waals surface area contributed by atoms with E-state index in [2.05, 4.69) is 29.6 Å². The Bertz CT molecular complexity index is 615. The number of carboxylic acid groups (broad SMARTS) is 1. The molecule has 0 heterocycles. The third-order valence-corrected chi connectivity index (χ3v) is 3.63. The second kappa shape index (κ2) is 5.37. The summed E-state index contributed by atoms with van der Waals surface area (Å²) >= 11 is 0. The van der Waals surface area contributed by atoms with Crippen LogP contribution in [0.2, 0.25) is 0 Å². The number of nitrogens with one attached hydrogen (secondary N) is 1. The highest BCUT2D eigenvalue weighted by molar-refractivity contribution is 5.88. The minimum atomic E-state index is -0.901. The Hall–Kier alpha value is -2.29. The van der Waals surface area contributed by atoms with E-state index >= 15 is 0 Å². The van der Waals surface area contributed by atoms with Gasteiger partial charge in [0.05, 0.1) is 5.56 Å². The largest absolute Gasteiger partial charge is 0.478 e. The van der Waals surface area contributed by atoms with Crippen molar-refractivity contribution in [1.82, 2.24) is 0 Å². The molecule has 1 aliphatic rings. The van der Waals surface area contributed by atoms with Gasteiger partial charge in [-0.05, 0) is 48.1 Å². The number of hydrogen-bond donors (Lipinski definition) is 2. The third kappa shape index (κ3) is 2.99. The molecule has 102 valence electrons. The smallest absolute Gasteiger partial charge is 0.335 e. The first-order valence-corrected chi connectivity index (χ1v) is 6.88. The molecule has 3 rings (SSSR count). The number of aromatic carboxylic acids is 1. The lowest BCUT2D eigenvalue weighted by atomic mass is 10.1. The van der Waals surface area contributed by atoms with E-state index in [4.69, 9.17) is 5.11 Å². The summed E-state index contributed by atoms with van der Waals surface area (Å²) in [7, 11) is 0. The molecule has 0 saturated heterocycles. The number of anilines is 1. The molecule has 0 amide bonds. The zero-order chi connectivity index (χ0) is 13.9. The minimum Gasteiger partial charge on any atom is -0.478 e. The van der Waals surface area contributed by atoms with Crippen LogP contribution in [-0.2, 0) is 6.54 Å². The lowest BCUT2D eigenvalue weighted by molar-refractivity contribution is 0.0697. The van der Waals surface area contributed by atoms with Gasteiger partial charge in [-0.15, -0.1) is 0 Å². The predicted molar refractivity (Wildman–Crippen MR) is 79.1 cm³/mol. The van der Waals surface area contributed by atoms with Crippen molar-refractivity contribution in [3.8, 4) is 0 Å². The Labute approximate surface area is 118 Å². The maximum Gasteiger partial charge on any atom is 0.335 e. The van der Waals surface area contributed by atoms with Crippen LogP contribution in [0.3, 0.4) is 0 Å². The van der Waals surface area contributed by atoms with Crippen molar-refractivity contribution in [2.45, 2.75) is 25.3 Å². The second-order valence-corrected chi connectivity index (χ2v) is 5.26. The maximum atomic E-state index is 10.9. The van der Waals surface area contributed by atoms with Crippen molar-refractivity contribution in [1.29, 1.82) is 0 Å². The summed E-state index contributed by atoms with van der Waals surface area (Å²) in [4.78, 5) is 10.9. The second-order valence-electron chi connectivity index (χ2n) is 5.26. The molecule has 2 N–H and O–H groups in total. The van der Waals surface area contributed by atoms with Crippen molar-refractivity contribution in [2.24, 2.45) is 0 Å². The first-order valence-electron chi connectivity index (χ1n) is 6.88. The highest BCUT2D eigenvalue weighted by Gasteiger charge is 2.22. The fourth-order valence-electron chi connectivity index (χ4n) is 2.29. The molecule has 20 heavy (non-hydrogen) atoms. The molecule has 0 radical (unpaired) electrons. The topological polar surface area (TPSA) is 49.3 Å². The van der Waals surface area contributed by atoms with Gasteiger partial charge in [-0.2, -0.15) is 0 Å². The summed E-state index contributed by atoms with van der Waals surface area (Å²) in [6, 6.07) is 15.6. The van der Waals surface area contributed by atoms with Gasteiger partial charge in [-0.25, -0.2) is 4.79 Å². The fraction of sp³-hybridized carbons (Fsp3) is 0.235. The third-order valence-electron chi connectivity index (χ3n) is 3.63. The van der Waals surface area contributed by atoms with Gasteiger partial charge in [-0.3, -0.25) is 0 Å². The molecule has 0 unspecified atom stereocenters. The van der Waals surface area contributed by atoms with Crippen LogP contribution in [0.1, 0.15) is 40.2 Å². The predicted octanol–water partition coefficient (Wildman–Crippen LogP) is 3.87. The van der Waals surface area contributed by atoms with E-state index in [1.165, 1.54) is 24.0 Å². The molecule has 1 saturated carbocycles. The number of hydrogen-bond acceptors (Lipinski definition) is 2. The van der Waals surface area contributed by atoms with Crippen molar-refractivity contribution in [3.05, 3.63) is 65.2 Å². The normalized spacial score (nSPS) is 14.0. The van der Waals surface area contributed by atoms with Crippen molar-refractivity contribution in [3.63, 3.8) is 0 Å². The van der Waals surface area contributed by atoms with Gasteiger partial charge >= 0.3 is 5.97 Å². The summed E-state index contributed by atoms with van der Waals surface area (Å²) in [5, 5.41) is 12.2. The Balaban J connectivity index is 1.63. The van der Waals surface area contributed by atoms with E-state index in [0.717, 1.165) is 11.6 Å². The van der Waals surface area contributed by atoms with E-state index in [9.17, 15) is 4.79 Å². The van der Waals surface area contributed by atoms with E-state index in [1.54, 1.807) is 18.2 Å². The lowest BCUT2D eigenvalue weighted by Gasteiger charge is -2.08. The number of carboxylic acids is 1. The van der Waals surface area contributed by atoms with Crippen LogP contribution in [0, 0.1) is 0 Å². The van der Waals surface area contributed by atoms with Gasteiger partial charge in [0, 0.05) is 12.2 Å². The van der Waals surface area contributed by atoms with E-state index in [1.807, 2.05) is 6.07 Å². The van der Waals surface area contributed by atoms with Crippen LogP contribution in [0.25, 0.3) is 0 Å². The van der Waals surface area contributed by atoms with Crippen LogP contribution in [-0.4, -0.2) is 11.1 Å². The average Bonchev–Trinajstić information content (AvgIpc) is 3.31. The summed E-state index contributed by atoms with van der Waals surface area (Å²) in [5.41, 5.74) is 3.77. The van der Waals surface area contributed by atoms with Crippen molar-refractivity contribution >= 4 is 11.7 Å². The zero-order valence-electron chi connectivity index (χ0n) is 11.2. The van der Waals surface area contributed by atoms with Crippen LogP contribution >= 0.6 is 0 Å². The number of rotatable bonds is 5. The van der Waals surface area contributed by atoms with Crippen molar-refractivity contribution < 1.29 is 9.90 Å². The highest BCUT2D eigenvalue weighted by atomic mass is 16.4. The maximum absolute atomic E-state index is 10.9. The van der Waals surface area contributed by atoms with Gasteiger partial charge in [0.25, 0.3) is 0 Å². The molecule has 2 aromatic rings. The quantitative estimate of drug-likeness (QED) is 0.864. The van der Waals surface area contributed by atoms with Crippen molar-refractivity contribution in [2.75, 3.05) is 5.32 Å². The molecule has 3 nitrogen and oxygen atoms in total. The Morgan fingerprint density at radius 3 is 2.55 bits per heavy atom. The first kappa shape index (κ1) is 12.7. The molecule has 0 spiro atoms. The van der Waals surface area contributed by atoms with Gasteiger partial charge in [0.2, 0.25) is 0 Å². The molecule has 0 aromatic heterocycles. The Morgan fingerprint density at radius 1 is 1.15 bits per heavy atom. The zero-order valence-corrected chi connectivity index (χ0v) is 11.2. The SMILES string of the molecule is O=C(O)c1cccc(NCc2ccc(C3CC3)cc2)c1. The lowest BCUT2D eigenvalue weighted by Crippen LogP contribution is -2.02. The van der Waals surface area contributed by atoms with Gasteiger partial charge < -0.3 is 10.4 Å². The summed E-state index contributed by atoms with van der Waals surface area (Å²) in [5.74, 6) is -0.119. The molecular weight excluding hydrogens is 250 g/mol. The Kier molecular flexibility index (Phi) is 3.42. The molecule has 2 aromatic carbocycles. The molecular formula is C17H17NO2. The monoisotopic (exact) mass is 267 g/mol. The number of benzene rings is 2. The molecule has 1 fully saturated rings. The highest BCUT2D eigenvalue weighted by Crippen LogP contribution is 2.39. The van der Waals surface area contributed by atoms with E-state index < -0.39 is 5.97 Å². The minimum absolute atomic E-state index is 0.305. The molecule has 3 heteroatoms. The van der Waals surface area contributed by atoms with E-state index in [-0.39, 0.29) is 0 Å². The summed E-state index contributed by atoms with van der Waals surface area (Å²) in [6.45, 7) is 0.702. The van der Waals surface area contributed by atoms with Gasteiger partial charge in [0.1, 0.15) is 0 Å². The van der Waals surface area contributed by atoms with Gasteiger partial charge in [-0.1, -0.05) is 30.3 Å². The molecule has 0 aliphatic heterocycles. The standard InChI is InChI=1S/C17H17NO2/c19-17(20)15-2-1-3-16(10-15)18-11-12-4-6-13(7-5-12)14-8-9-14/h1-7,10,14,18H,8-9,11H2,(H,19,20). The molecule has 0 bridgehead atoms. The summed E-state index contributed by atoms with van der Waals surface area (Å²) < 4.78 is 0. The fourth-order valence-corrected chi connectivity index (χ4v) is 2.29. The molecule has 1 aliphatic carbocycles. The van der Waals surface area contributed by atoms with Crippen LogP contribution in [0.4, 0.5) is 5.69 Å². The van der Waals surface area contributed by atoms with Crippen LogP contribution < -0.4 is 5.32 Å². The van der Waals surface area contributed by atoms with Crippen LogP contribution in [0.15, 0.2) is 48.5 Å². The van der Waals surface area contributed by atoms with E-state index in [0.29, 0.717) is 12.1 Å². The first-order chi connectivity index (χ1) is 9.72. The molecule has 0 atom stereocenters. The summed E-state index contributed by atoms with van der Waals surface area (Å²) in [6.07, 6.45) is 2.64.